The molecule has 3 rings (SSSR count). The minimum Gasteiger partial charge on any atom is -0.496 e. The summed E-state index contributed by atoms with van der Waals surface area (Å²) in [5, 5.41) is 7.36. The average Bonchev–Trinajstić information content (AvgIpc) is 2.87. The number of amides is 1. The molecule has 0 saturated heterocycles. The maximum atomic E-state index is 12.7. The van der Waals surface area contributed by atoms with E-state index in [2.05, 4.69) is 10.6 Å². The van der Waals surface area contributed by atoms with Crippen molar-refractivity contribution in [3.63, 3.8) is 0 Å². The lowest BCUT2D eigenvalue weighted by molar-refractivity contribution is -0.146. The van der Waals surface area contributed by atoms with Gasteiger partial charge in [0.1, 0.15) is 5.75 Å². The van der Waals surface area contributed by atoms with E-state index in [1.807, 2.05) is 6.07 Å². The largest absolute Gasteiger partial charge is 0.496 e. The van der Waals surface area contributed by atoms with Crippen LogP contribution in [0.3, 0.4) is 0 Å². The van der Waals surface area contributed by atoms with Crippen LogP contribution in [0.15, 0.2) is 36.4 Å². The SMILES string of the molecule is COC[C@H](Nc1ccc(C(=O)NCC2CCC(C(=O)OC)CC2)cc1Cl)c1cc(Cl)ccc1OC. The molecule has 9 heteroatoms. The van der Waals surface area contributed by atoms with Crippen LogP contribution in [-0.4, -0.2) is 46.4 Å². The van der Waals surface area contributed by atoms with Gasteiger partial charge in [0.05, 0.1) is 43.5 Å². The molecule has 1 fully saturated rings. The maximum absolute atomic E-state index is 12.7. The minimum atomic E-state index is -0.272. The lowest BCUT2D eigenvalue weighted by Gasteiger charge is -2.27. The number of hydrogen-bond donors (Lipinski definition) is 2. The Kier molecular flexibility index (Phi) is 10.1. The molecule has 1 amide bonds. The molecule has 2 N–H and O–H groups in total. The zero-order valence-electron chi connectivity index (χ0n) is 20.2. The van der Waals surface area contributed by atoms with Crippen LogP contribution in [0, 0.1) is 11.8 Å². The Morgan fingerprint density at radius 2 is 1.77 bits per heavy atom. The second kappa shape index (κ2) is 13.0. The Morgan fingerprint density at radius 1 is 1.03 bits per heavy atom. The predicted molar refractivity (Wildman–Crippen MR) is 137 cm³/mol. The molecular weight excluding hydrogens is 491 g/mol. The number of nitrogens with one attached hydrogen (secondary N) is 2. The molecule has 1 aliphatic carbocycles. The van der Waals surface area contributed by atoms with Crippen molar-refractivity contribution in [2.45, 2.75) is 31.7 Å². The normalized spacial score (nSPS) is 18.4. The van der Waals surface area contributed by atoms with Crippen molar-refractivity contribution in [1.82, 2.24) is 5.32 Å². The number of hydrogen-bond acceptors (Lipinski definition) is 6. The molecule has 0 radical (unpaired) electrons. The van der Waals surface area contributed by atoms with E-state index in [-0.39, 0.29) is 23.8 Å². The fraction of sp³-hybridized carbons (Fsp3) is 0.462. The summed E-state index contributed by atoms with van der Waals surface area (Å²) in [4.78, 5) is 24.4. The summed E-state index contributed by atoms with van der Waals surface area (Å²) in [5.41, 5.74) is 1.97. The van der Waals surface area contributed by atoms with Gasteiger partial charge in [-0.1, -0.05) is 23.2 Å². The van der Waals surface area contributed by atoms with E-state index in [0.717, 1.165) is 31.2 Å². The summed E-state index contributed by atoms with van der Waals surface area (Å²) in [6.45, 7) is 0.919. The van der Waals surface area contributed by atoms with Gasteiger partial charge in [0.25, 0.3) is 5.91 Å². The highest BCUT2D eigenvalue weighted by atomic mass is 35.5. The van der Waals surface area contributed by atoms with Gasteiger partial charge < -0.3 is 24.8 Å². The van der Waals surface area contributed by atoms with E-state index in [1.54, 1.807) is 44.6 Å². The van der Waals surface area contributed by atoms with Crippen LogP contribution in [0.5, 0.6) is 5.75 Å². The molecule has 1 aliphatic rings. The molecule has 2 aromatic carbocycles. The zero-order valence-corrected chi connectivity index (χ0v) is 21.7. The standard InChI is InChI=1S/C26H32Cl2N2O5/c1-33-15-23(20-13-19(27)9-11-24(20)34-2)30-22-10-8-18(12-21(22)28)25(31)29-14-16-4-6-17(7-5-16)26(32)35-3/h8-13,16-17,23,30H,4-7,14-15H2,1-3H3,(H,29,31)/t16?,17?,23-/m0/s1. The van der Waals surface area contributed by atoms with E-state index in [1.165, 1.54) is 7.11 Å². The summed E-state index contributed by atoms with van der Waals surface area (Å²) < 4.78 is 15.7. The van der Waals surface area contributed by atoms with Crippen molar-refractivity contribution in [3.8, 4) is 5.75 Å². The van der Waals surface area contributed by atoms with Gasteiger partial charge in [-0.3, -0.25) is 9.59 Å². The van der Waals surface area contributed by atoms with Crippen molar-refractivity contribution in [3.05, 3.63) is 57.6 Å². The summed E-state index contributed by atoms with van der Waals surface area (Å²) in [6, 6.07) is 10.3. The van der Waals surface area contributed by atoms with Gasteiger partial charge >= 0.3 is 5.97 Å². The number of esters is 1. The van der Waals surface area contributed by atoms with Gasteiger partial charge in [0.15, 0.2) is 0 Å². The highest BCUT2D eigenvalue weighted by Crippen LogP contribution is 2.33. The summed E-state index contributed by atoms with van der Waals surface area (Å²) in [5.74, 6) is 0.672. The summed E-state index contributed by atoms with van der Waals surface area (Å²) >= 11 is 12.7. The van der Waals surface area contributed by atoms with Crippen LogP contribution < -0.4 is 15.4 Å². The number of carbonyl (C=O) groups is 2. The zero-order chi connectivity index (χ0) is 25.4. The molecule has 0 aliphatic heterocycles. The third-order valence-corrected chi connectivity index (χ3v) is 6.94. The van der Waals surface area contributed by atoms with Crippen LogP contribution in [0.1, 0.15) is 47.6 Å². The van der Waals surface area contributed by atoms with Gasteiger partial charge in [-0.25, -0.2) is 0 Å². The van der Waals surface area contributed by atoms with Crippen molar-refractivity contribution in [1.29, 1.82) is 0 Å². The van der Waals surface area contributed by atoms with Crippen LogP contribution >= 0.6 is 23.2 Å². The average molecular weight is 523 g/mol. The third-order valence-electron chi connectivity index (χ3n) is 6.39. The lowest BCUT2D eigenvalue weighted by Crippen LogP contribution is -2.32. The second-order valence-electron chi connectivity index (χ2n) is 8.68. The van der Waals surface area contributed by atoms with Crippen molar-refractivity contribution in [2.24, 2.45) is 11.8 Å². The van der Waals surface area contributed by atoms with E-state index >= 15 is 0 Å². The Hall–Kier alpha value is -2.48. The number of rotatable bonds is 10. The first-order valence-electron chi connectivity index (χ1n) is 11.6. The fourth-order valence-electron chi connectivity index (χ4n) is 4.42. The number of methoxy groups -OCH3 is 3. The van der Waals surface area contributed by atoms with Gasteiger partial charge in [0.2, 0.25) is 0 Å². The minimum absolute atomic E-state index is 0.0281. The number of halogens is 2. The van der Waals surface area contributed by atoms with Crippen LogP contribution in [0.2, 0.25) is 10.0 Å². The molecule has 35 heavy (non-hydrogen) atoms. The van der Waals surface area contributed by atoms with Crippen molar-refractivity contribution in [2.75, 3.05) is 39.8 Å². The van der Waals surface area contributed by atoms with Crippen LogP contribution in [-0.2, 0) is 14.3 Å². The smallest absolute Gasteiger partial charge is 0.308 e. The van der Waals surface area contributed by atoms with E-state index in [0.29, 0.717) is 46.1 Å². The first kappa shape index (κ1) is 27.1. The quantitative estimate of drug-likeness (QED) is 0.400. The first-order valence-corrected chi connectivity index (χ1v) is 12.4. The third kappa shape index (κ3) is 7.26. The molecule has 0 heterocycles. The number of carbonyl (C=O) groups excluding carboxylic acids is 2. The molecule has 7 nitrogen and oxygen atoms in total. The number of benzene rings is 2. The molecule has 2 aromatic rings. The molecule has 0 aromatic heterocycles. The monoisotopic (exact) mass is 522 g/mol. The second-order valence-corrected chi connectivity index (χ2v) is 9.53. The van der Waals surface area contributed by atoms with Gasteiger partial charge in [-0.2, -0.15) is 0 Å². The lowest BCUT2D eigenvalue weighted by atomic mass is 9.82. The summed E-state index contributed by atoms with van der Waals surface area (Å²) in [6.07, 6.45) is 3.36. The summed E-state index contributed by atoms with van der Waals surface area (Å²) in [7, 11) is 4.64. The number of anilines is 1. The highest BCUT2D eigenvalue weighted by Gasteiger charge is 2.27. The molecule has 190 valence electrons. The van der Waals surface area contributed by atoms with Gasteiger partial charge in [-0.05, 0) is 68.0 Å². The van der Waals surface area contributed by atoms with Crippen LogP contribution in [0.25, 0.3) is 0 Å². The Morgan fingerprint density at radius 3 is 2.40 bits per heavy atom. The molecule has 1 atom stereocenters. The van der Waals surface area contributed by atoms with E-state index in [4.69, 9.17) is 37.4 Å². The molecule has 0 bridgehead atoms. The molecule has 1 saturated carbocycles. The number of ether oxygens (including phenoxy) is 3. The Labute approximate surface area is 216 Å². The first-order chi connectivity index (χ1) is 16.9. The van der Waals surface area contributed by atoms with Gasteiger partial charge in [0, 0.05) is 29.8 Å². The highest BCUT2D eigenvalue weighted by molar-refractivity contribution is 6.33. The van der Waals surface area contributed by atoms with Gasteiger partial charge in [-0.15, -0.1) is 0 Å². The van der Waals surface area contributed by atoms with Crippen LogP contribution in [0.4, 0.5) is 5.69 Å². The fourth-order valence-corrected chi connectivity index (χ4v) is 4.84. The van der Waals surface area contributed by atoms with E-state index in [9.17, 15) is 9.59 Å². The Bertz CT molecular complexity index is 1020. The molecule has 0 spiro atoms. The Balaban J connectivity index is 1.62. The van der Waals surface area contributed by atoms with Crippen molar-refractivity contribution < 1.29 is 23.8 Å². The maximum Gasteiger partial charge on any atom is 0.308 e. The predicted octanol–water partition coefficient (Wildman–Crippen LogP) is 5.51. The molecule has 0 unspecified atom stereocenters. The topological polar surface area (TPSA) is 85.9 Å². The van der Waals surface area contributed by atoms with Crippen molar-refractivity contribution >= 4 is 40.8 Å². The molecular formula is C26H32Cl2N2O5. The van der Waals surface area contributed by atoms with E-state index < -0.39 is 0 Å².